The molecule has 0 aliphatic rings. The minimum absolute atomic E-state index is 0.241. The number of carbonyl (C=O) groups excluding carboxylic acids is 1. The highest BCUT2D eigenvalue weighted by atomic mass is 19.4. The van der Waals surface area contributed by atoms with Gasteiger partial charge in [0.2, 0.25) is 0 Å². The van der Waals surface area contributed by atoms with Crippen LogP contribution in [0.25, 0.3) is 22.0 Å². The average molecular weight is 452 g/mol. The molecule has 0 radical (unpaired) electrons. The van der Waals surface area contributed by atoms with Gasteiger partial charge in [0.1, 0.15) is 11.5 Å². The van der Waals surface area contributed by atoms with Crippen LogP contribution in [0, 0.1) is 13.8 Å². The van der Waals surface area contributed by atoms with E-state index in [1.807, 2.05) is 19.1 Å². The van der Waals surface area contributed by atoms with Crippen molar-refractivity contribution in [3.63, 3.8) is 0 Å². The number of halogens is 3. The first-order chi connectivity index (χ1) is 15.7. The maximum atomic E-state index is 13.2. The van der Waals surface area contributed by atoms with Gasteiger partial charge < -0.3 is 10.6 Å². The number of aryl methyl sites for hydroxylation is 1. The van der Waals surface area contributed by atoms with E-state index in [1.165, 1.54) is 13.1 Å². The molecule has 4 aromatic heterocycles. The molecule has 0 bridgehead atoms. The van der Waals surface area contributed by atoms with Gasteiger partial charge in [0, 0.05) is 53.9 Å². The highest BCUT2D eigenvalue weighted by Gasteiger charge is 2.34. The Morgan fingerprint density at radius 3 is 2.48 bits per heavy atom. The number of nitrogens with one attached hydrogen (secondary N) is 2. The van der Waals surface area contributed by atoms with Gasteiger partial charge >= 0.3 is 6.18 Å². The molecule has 4 rings (SSSR count). The van der Waals surface area contributed by atoms with E-state index in [2.05, 4.69) is 30.6 Å². The first-order valence-corrected chi connectivity index (χ1v) is 9.92. The number of amides is 1. The second kappa shape index (κ2) is 8.45. The summed E-state index contributed by atoms with van der Waals surface area (Å²) in [6.07, 6.45) is 1.23. The van der Waals surface area contributed by atoms with Crippen molar-refractivity contribution in [3.05, 3.63) is 71.6 Å². The van der Waals surface area contributed by atoms with Gasteiger partial charge in [0.05, 0.1) is 23.0 Å². The number of hydrogen-bond donors (Lipinski definition) is 2. The normalized spacial score (nSPS) is 11.5. The van der Waals surface area contributed by atoms with E-state index in [-0.39, 0.29) is 11.3 Å². The van der Waals surface area contributed by atoms with Gasteiger partial charge in [0.15, 0.2) is 0 Å². The van der Waals surface area contributed by atoms with Gasteiger partial charge in [-0.15, -0.1) is 0 Å². The van der Waals surface area contributed by atoms with Crippen molar-refractivity contribution in [2.45, 2.75) is 20.0 Å². The van der Waals surface area contributed by atoms with Gasteiger partial charge in [0.25, 0.3) is 5.91 Å². The Kier molecular flexibility index (Phi) is 5.67. The molecule has 0 aromatic carbocycles. The summed E-state index contributed by atoms with van der Waals surface area (Å²) in [7, 11) is 1.77. The molecule has 7 nitrogen and oxygen atoms in total. The van der Waals surface area contributed by atoms with E-state index in [1.54, 1.807) is 25.5 Å². The van der Waals surface area contributed by atoms with E-state index in [0.29, 0.717) is 22.8 Å². The van der Waals surface area contributed by atoms with Crippen LogP contribution in [0.5, 0.6) is 0 Å². The molecule has 0 fully saturated rings. The Balaban J connectivity index is 1.66. The fraction of sp³-hybridized carbons (Fsp3) is 0.174. The van der Waals surface area contributed by atoms with Gasteiger partial charge in [-0.25, -0.2) is 4.98 Å². The molecule has 0 saturated carbocycles. The monoisotopic (exact) mass is 452 g/mol. The highest BCUT2D eigenvalue weighted by molar-refractivity contribution is 6.04. The van der Waals surface area contributed by atoms with Gasteiger partial charge in [-0.1, -0.05) is 0 Å². The molecule has 10 heteroatoms. The SMILES string of the molecule is CNc1cc2ncc(-c3cc(NC(=O)c4nccc(C(F)(F)F)c4C)cnc3C)cc2cn1. The third-order valence-electron chi connectivity index (χ3n) is 5.20. The Morgan fingerprint density at radius 1 is 0.970 bits per heavy atom. The number of alkyl halides is 3. The van der Waals surface area contributed by atoms with E-state index in [4.69, 9.17) is 0 Å². The van der Waals surface area contributed by atoms with Crippen molar-refractivity contribution in [2.75, 3.05) is 17.7 Å². The molecule has 0 aliphatic carbocycles. The molecule has 33 heavy (non-hydrogen) atoms. The van der Waals surface area contributed by atoms with Crippen molar-refractivity contribution < 1.29 is 18.0 Å². The molecule has 4 aromatic rings. The van der Waals surface area contributed by atoms with Crippen LogP contribution < -0.4 is 10.6 Å². The summed E-state index contributed by atoms with van der Waals surface area (Å²) >= 11 is 0. The molecule has 0 unspecified atom stereocenters. The van der Waals surface area contributed by atoms with Crippen LogP contribution in [0.1, 0.15) is 27.3 Å². The lowest BCUT2D eigenvalue weighted by atomic mass is 10.0. The van der Waals surface area contributed by atoms with E-state index in [0.717, 1.165) is 28.7 Å². The second-order valence-corrected chi connectivity index (χ2v) is 7.38. The second-order valence-electron chi connectivity index (χ2n) is 7.38. The Bertz CT molecular complexity index is 1370. The summed E-state index contributed by atoms with van der Waals surface area (Å²) in [5, 5.41) is 6.38. The van der Waals surface area contributed by atoms with E-state index in [9.17, 15) is 18.0 Å². The number of aromatic nitrogens is 4. The highest BCUT2D eigenvalue weighted by Crippen LogP contribution is 2.33. The zero-order chi connectivity index (χ0) is 23.8. The molecule has 0 atom stereocenters. The largest absolute Gasteiger partial charge is 0.416 e. The van der Waals surface area contributed by atoms with Crippen molar-refractivity contribution in [3.8, 4) is 11.1 Å². The molecular formula is C23H19F3N6O. The van der Waals surface area contributed by atoms with Gasteiger partial charge in [-0.3, -0.25) is 19.7 Å². The van der Waals surface area contributed by atoms with Crippen molar-refractivity contribution >= 4 is 28.3 Å². The smallest absolute Gasteiger partial charge is 0.373 e. The standard InChI is InChI=1S/C23H19F3N6O/c1-12-18(23(24,25)26)4-5-28-21(12)22(33)32-16-7-17(13(2)29-11-16)14-6-15-10-31-20(27-3)8-19(15)30-9-14/h4-11H,1-3H3,(H,27,31)(H,32,33). The fourth-order valence-corrected chi connectivity index (χ4v) is 3.46. The summed E-state index contributed by atoms with van der Waals surface area (Å²) in [5.74, 6) is -0.0561. The predicted molar refractivity (Wildman–Crippen MR) is 119 cm³/mol. The van der Waals surface area contributed by atoms with Crippen LogP contribution in [0.3, 0.4) is 0 Å². The number of pyridine rings is 4. The lowest BCUT2D eigenvalue weighted by Crippen LogP contribution is -2.18. The summed E-state index contributed by atoms with van der Waals surface area (Å²) in [6.45, 7) is 3.03. The number of fused-ring (bicyclic) bond motifs is 1. The number of carbonyl (C=O) groups is 1. The van der Waals surface area contributed by atoms with Gasteiger partial charge in [-0.05, 0) is 37.6 Å². The van der Waals surface area contributed by atoms with E-state index < -0.39 is 17.6 Å². The maximum absolute atomic E-state index is 13.2. The average Bonchev–Trinajstić information content (AvgIpc) is 2.79. The third kappa shape index (κ3) is 4.45. The van der Waals surface area contributed by atoms with E-state index >= 15 is 0 Å². The first kappa shape index (κ1) is 22.1. The molecule has 0 saturated heterocycles. The number of anilines is 2. The zero-order valence-electron chi connectivity index (χ0n) is 17.9. The quantitative estimate of drug-likeness (QED) is 0.452. The first-order valence-electron chi connectivity index (χ1n) is 9.92. The molecule has 0 aliphatic heterocycles. The zero-order valence-corrected chi connectivity index (χ0v) is 17.9. The molecule has 168 valence electrons. The Morgan fingerprint density at radius 2 is 1.76 bits per heavy atom. The molecule has 2 N–H and O–H groups in total. The minimum Gasteiger partial charge on any atom is -0.373 e. The lowest BCUT2D eigenvalue weighted by molar-refractivity contribution is -0.138. The van der Waals surface area contributed by atoms with Gasteiger partial charge in [-0.2, -0.15) is 13.2 Å². The lowest BCUT2D eigenvalue weighted by Gasteiger charge is -2.14. The van der Waals surface area contributed by atoms with Crippen LogP contribution in [0.15, 0.2) is 49.1 Å². The maximum Gasteiger partial charge on any atom is 0.416 e. The molecule has 1 amide bonds. The number of nitrogens with zero attached hydrogens (tertiary/aromatic N) is 4. The summed E-state index contributed by atoms with van der Waals surface area (Å²) < 4.78 is 39.5. The predicted octanol–water partition coefficient (Wildman–Crippen LogP) is 5.02. The number of hydrogen-bond acceptors (Lipinski definition) is 6. The molecule has 4 heterocycles. The fourth-order valence-electron chi connectivity index (χ4n) is 3.46. The third-order valence-corrected chi connectivity index (χ3v) is 5.20. The Hall–Kier alpha value is -4.08. The summed E-state index contributed by atoms with van der Waals surface area (Å²) in [4.78, 5) is 29.6. The minimum atomic E-state index is -4.58. The Labute approximate surface area is 187 Å². The summed E-state index contributed by atoms with van der Waals surface area (Å²) in [6, 6.07) is 6.27. The molecular weight excluding hydrogens is 433 g/mol. The van der Waals surface area contributed by atoms with Crippen molar-refractivity contribution in [2.24, 2.45) is 0 Å². The van der Waals surface area contributed by atoms with Crippen LogP contribution in [0.2, 0.25) is 0 Å². The van der Waals surface area contributed by atoms with Crippen molar-refractivity contribution in [1.29, 1.82) is 0 Å². The molecule has 0 spiro atoms. The van der Waals surface area contributed by atoms with Crippen molar-refractivity contribution in [1.82, 2.24) is 19.9 Å². The topological polar surface area (TPSA) is 92.7 Å². The van der Waals surface area contributed by atoms with Crippen LogP contribution in [0.4, 0.5) is 24.7 Å². The number of rotatable bonds is 4. The van der Waals surface area contributed by atoms with Crippen LogP contribution >= 0.6 is 0 Å². The van der Waals surface area contributed by atoms with Crippen LogP contribution in [-0.4, -0.2) is 32.9 Å². The van der Waals surface area contributed by atoms with Crippen LogP contribution in [-0.2, 0) is 6.18 Å². The summed E-state index contributed by atoms with van der Waals surface area (Å²) in [5.41, 5.74) is 1.82.